The number of nitrogens with zero attached hydrogens (tertiary/aromatic N) is 2. The van der Waals surface area contributed by atoms with Crippen LogP contribution in [0.25, 0.3) is 0 Å². The van der Waals surface area contributed by atoms with Crippen LogP contribution in [-0.2, 0) is 29.7 Å². The first-order valence-corrected chi connectivity index (χ1v) is 17.2. The molecule has 0 aliphatic carbocycles. The molecule has 3 aromatic rings. The molecule has 1 aliphatic heterocycles. The van der Waals surface area contributed by atoms with E-state index in [1.807, 2.05) is 67.7 Å². The van der Waals surface area contributed by atoms with Crippen LogP contribution in [0.3, 0.4) is 0 Å². The van der Waals surface area contributed by atoms with Gasteiger partial charge in [0.15, 0.2) is 0 Å². The predicted octanol–water partition coefficient (Wildman–Crippen LogP) is 8.25. The first kappa shape index (κ1) is 35.8. The molecule has 250 valence electrons. The number of hydrogen-bond donors (Lipinski definition) is 1. The lowest BCUT2D eigenvalue weighted by atomic mass is 9.86. The topological polar surface area (TPSA) is 120 Å². The highest BCUT2D eigenvalue weighted by atomic mass is 31.2. The van der Waals surface area contributed by atoms with Gasteiger partial charge in [0.05, 0.1) is 33.9 Å². The van der Waals surface area contributed by atoms with Crippen LogP contribution in [0.1, 0.15) is 70.3 Å². The molecular weight excluding hydrogens is 617 g/mol. The lowest BCUT2D eigenvalue weighted by Crippen LogP contribution is -2.32. The molecule has 0 fully saturated rings. The Morgan fingerprint density at radius 3 is 2.09 bits per heavy atom. The van der Waals surface area contributed by atoms with E-state index in [-0.39, 0.29) is 16.6 Å². The minimum atomic E-state index is -4.08. The van der Waals surface area contributed by atoms with Crippen LogP contribution >= 0.6 is 7.60 Å². The van der Waals surface area contributed by atoms with Crippen LogP contribution in [0.15, 0.2) is 107 Å². The zero-order chi connectivity index (χ0) is 34.3. The summed E-state index contributed by atoms with van der Waals surface area (Å²) in [5.74, 6) is -1.68. The van der Waals surface area contributed by atoms with Crippen molar-refractivity contribution in [1.29, 1.82) is 0 Å². The van der Waals surface area contributed by atoms with Crippen molar-refractivity contribution in [2.45, 2.75) is 72.3 Å². The largest absolute Gasteiger partial charge is 0.453 e. The summed E-state index contributed by atoms with van der Waals surface area (Å²) >= 11 is 0. The average molecular weight is 662 g/mol. The highest BCUT2D eigenvalue weighted by Gasteiger charge is 2.46. The molecule has 0 aromatic heterocycles. The summed E-state index contributed by atoms with van der Waals surface area (Å²) in [6.45, 7) is 11.5. The lowest BCUT2D eigenvalue weighted by Gasteiger charge is -2.36. The van der Waals surface area contributed by atoms with E-state index in [4.69, 9.17) is 13.8 Å². The molecule has 47 heavy (non-hydrogen) atoms. The van der Waals surface area contributed by atoms with Gasteiger partial charge in [-0.3, -0.25) is 19.6 Å². The zero-order valence-corrected chi connectivity index (χ0v) is 28.9. The third kappa shape index (κ3) is 9.05. The number of carbonyl (C=O) groups is 1. The summed E-state index contributed by atoms with van der Waals surface area (Å²) in [5.41, 5.74) is 3.25. The smallest absolute Gasteiger partial charge is 0.360 e. The molecule has 1 aliphatic rings. The summed E-state index contributed by atoms with van der Waals surface area (Å²) < 4.78 is 33.2. The molecule has 2 atom stereocenters. The second-order valence-corrected chi connectivity index (χ2v) is 14.2. The van der Waals surface area contributed by atoms with Crippen molar-refractivity contribution >= 4 is 19.3 Å². The lowest BCUT2D eigenvalue weighted by molar-refractivity contribution is -0.384. The molecule has 11 heteroatoms. The Labute approximate surface area is 277 Å². The van der Waals surface area contributed by atoms with Gasteiger partial charge in [-0.25, -0.2) is 4.79 Å². The Morgan fingerprint density at radius 1 is 0.915 bits per heavy atom. The van der Waals surface area contributed by atoms with E-state index >= 15 is 0 Å². The quantitative estimate of drug-likeness (QED) is 0.0788. The zero-order valence-electron chi connectivity index (χ0n) is 28.0. The van der Waals surface area contributed by atoms with Gasteiger partial charge in [-0.15, -0.1) is 0 Å². The summed E-state index contributed by atoms with van der Waals surface area (Å²) in [6.07, 6.45) is -1.64. The van der Waals surface area contributed by atoms with Crippen LogP contribution in [-0.4, -0.2) is 41.6 Å². The van der Waals surface area contributed by atoms with Gasteiger partial charge in [0.1, 0.15) is 6.10 Å². The maximum Gasteiger partial charge on any atom is 0.360 e. The van der Waals surface area contributed by atoms with Crippen molar-refractivity contribution in [3.8, 4) is 0 Å². The first-order chi connectivity index (χ1) is 22.3. The van der Waals surface area contributed by atoms with Crippen molar-refractivity contribution in [3.05, 3.63) is 134 Å². The van der Waals surface area contributed by atoms with Crippen LogP contribution in [0, 0.1) is 10.1 Å². The number of esters is 1. The minimum absolute atomic E-state index is 0.165. The molecule has 0 saturated heterocycles. The molecule has 3 aromatic carbocycles. The molecule has 0 radical (unpaired) electrons. The Bertz CT molecular complexity index is 1660. The van der Waals surface area contributed by atoms with Crippen LogP contribution < -0.4 is 5.32 Å². The number of nitro benzene ring substituents is 1. The molecule has 0 saturated carbocycles. The van der Waals surface area contributed by atoms with Crippen LogP contribution in [0.2, 0.25) is 0 Å². The van der Waals surface area contributed by atoms with Crippen molar-refractivity contribution < 1.29 is 28.1 Å². The van der Waals surface area contributed by atoms with Gasteiger partial charge in [-0.1, -0.05) is 72.8 Å². The second-order valence-electron chi connectivity index (χ2n) is 12.3. The Balaban J connectivity index is 1.81. The summed E-state index contributed by atoms with van der Waals surface area (Å²) in [5, 5.41) is 15.3. The molecule has 1 heterocycles. The number of likely N-dealkylation sites (N-methyl/N-ethyl adjacent to an activating group) is 1. The van der Waals surface area contributed by atoms with E-state index in [0.717, 1.165) is 11.1 Å². The van der Waals surface area contributed by atoms with Gasteiger partial charge in [0, 0.05) is 36.6 Å². The summed E-state index contributed by atoms with van der Waals surface area (Å²) in [6, 6.07) is 25.5. The minimum Gasteiger partial charge on any atom is -0.453 e. The highest BCUT2D eigenvalue weighted by Crippen LogP contribution is 2.65. The number of benzene rings is 3. The van der Waals surface area contributed by atoms with E-state index in [0.29, 0.717) is 30.0 Å². The first-order valence-electron chi connectivity index (χ1n) is 15.7. The van der Waals surface area contributed by atoms with Gasteiger partial charge >= 0.3 is 13.6 Å². The van der Waals surface area contributed by atoms with Gasteiger partial charge in [-0.05, 0) is 65.3 Å². The van der Waals surface area contributed by atoms with E-state index in [2.05, 4.69) is 10.2 Å². The number of ether oxygens (including phenoxy) is 1. The van der Waals surface area contributed by atoms with E-state index in [1.54, 1.807) is 53.7 Å². The third-order valence-electron chi connectivity index (χ3n) is 7.55. The number of hydrogen-bond acceptors (Lipinski definition) is 9. The summed E-state index contributed by atoms with van der Waals surface area (Å²) in [4.78, 5) is 27.9. The number of rotatable bonds is 14. The van der Waals surface area contributed by atoms with Gasteiger partial charge in [-0.2, -0.15) is 0 Å². The Hall–Kier alpha value is -4.08. The maximum absolute atomic E-state index is 14.8. The predicted molar refractivity (Wildman–Crippen MR) is 182 cm³/mol. The van der Waals surface area contributed by atoms with E-state index in [1.165, 1.54) is 12.1 Å². The molecular formula is C36H44N3O7P. The van der Waals surface area contributed by atoms with Gasteiger partial charge in [0.25, 0.3) is 5.69 Å². The monoisotopic (exact) mass is 661 g/mol. The van der Waals surface area contributed by atoms with Crippen molar-refractivity contribution in [2.24, 2.45) is 0 Å². The standard InChI is InChI=1S/C36H44N3O7P/c1-24(2)45-47(43,46-25(3)4)35-27(6)37-26(5)33(34(35)30-19-14-20-31(21-30)39(41)42)36(40)44-32(29-17-12-9-13-18-29)23-38(7)22-28-15-10-8-11-16-28/h8-21,24-25,32,34,37H,22-23H2,1-7H3. The summed E-state index contributed by atoms with van der Waals surface area (Å²) in [7, 11) is -2.12. The number of nitro groups is 1. The molecule has 0 bridgehead atoms. The van der Waals surface area contributed by atoms with Gasteiger partial charge < -0.3 is 19.1 Å². The molecule has 0 amide bonds. The fraction of sp³-hybridized carbons (Fsp3) is 0.361. The number of allylic oxidation sites excluding steroid dienone is 3. The highest BCUT2D eigenvalue weighted by molar-refractivity contribution is 7.58. The van der Waals surface area contributed by atoms with Crippen molar-refractivity contribution in [3.63, 3.8) is 0 Å². The number of carbonyl (C=O) groups excluding carboxylic acids is 1. The van der Waals surface area contributed by atoms with E-state index in [9.17, 15) is 19.5 Å². The fourth-order valence-electron chi connectivity index (χ4n) is 5.77. The van der Waals surface area contributed by atoms with E-state index < -0.39 is 42.7 Å². The molecule has 10 nitrogen and oxygen atoms in total. The number of dihydropyridines is 1. The number of nitrogens with one attached hydrogen (secondary N) is 1. The Morgan fingerprint density at radius 2 is 1.51 bits per heavy atom. The molecule has 1 N–H and O–H groups in total. The van der Waals surface area contributed by atoms with Crippen LogP contribution in [0.4, 0.5) is 5.69 Å². The normalized spacial score (nSPS) is 16.1. The maximum atomic E-state index is 14.8. The third-order valence-corrected chi connectivity index (χ3v) is 10.1. The van der Waals surface area contributed by atoms with Crippen molar-refractivity contribution in [2.75, 3.05) is 13.6 Å². The second kappa shape index (κ2) is 15.7. The number of non-ortho nitro benzene ring substituents is 1. The average Bonchev–Trinajstić information content (AvgIpc) is 3.00. The Kier molecular flexibility index (Phi) is 11.9. The molecule has 4 rings (SSSR count). The van der Waals surface area contributed by atoms with Crippen molar-refractivity contribution in [1.82, 2.24) is 10.2 Å². The molecule has 0 spiro atoms. The van der Waals surface area contributed by atoms with Crippen LogP contribution in [0.5, 0.6) is 0 Å². The van der Waals surface area contributed by atoms with Gasteiger partial charge in [0.2, 0.25) is 0 Å². The molecule has 2 unspecified atom stereocenters. The SMILES string of the molecule is CC1=C(C(=O)OC(CN(C)Cc2ccccc2)c2ccccc2)C(c2cccc([N+](=O)[O-])c2)C(P(=O)(OC(C)C)OC(C)C)=C(C)N1. The fourth-order valence-corrected chi connectivity index (χ4v) is 8.21.